The van der Waals surface area contributed by atoms with Gasteiger partial charge in [-0.05, 0) is 33.6 Å². The number of carbonyl (C=O) groups is 1. The summed E-state index contributed by atoms with van der Waals surface area (Å²) >= 11 is 0. The number of nitrogens with zero attached hydrogens (tertiary/aromatic N) is 3. The molecule has 3 atom stereocenters. The first-order valence-corrected chi connectivity index (χ1v) is 7.01. The molecule has 0 aromatic carbocycles. The maximum atomic E-state index is 12.5. The van der Waals surface area contributed by atoms with Gasteiger partial charge in [0.15, 0.2) is 0 Å². The predicted octanol–water partition coefficient (Wildman–Crippen LogP) is 1.63. The Labute approximate surface area is 115 Å². The maximum absolute atomic E-state index is 12.5. The van der Waals surface area contributed by atoms with E-state index in [9.17, 15) is 4.79 Å². The molecule has 1 fully saturated rings. The number of H-pyrrole nitrogens is 1. The molecular weight excluding hydrogens is 240 g/mol. The number of aromatic nitrogens is 2. The Kier molecular flexibility index (Phi) is 4.24. The lowest BCUT2D eigenvalue weighted by atomic mass is 10.2. The van der Waals surface area contributed by atoms with Gasteiger partial charge in [0.05, 0.1) is 12.6 Å². The second kappa shape index (κ2) is 5.74. The third-order valence-electron chi connectivity index (χ3n) is 4.14. The highest BCUT2D eigenvalue weighted by atomic mass is 16.2. The first-order valence-electron chi connectivity index (χ1n) is 7.01. The second-order valence-electron chi connectivity index (χ2n) is 5.63. The van der Waals surface area contributed by atoms with Crippen molar-refractivity contribution in [3.8, 4) is 0 Å². The fourth-order valence-electron chi connectivity index (χ4n) is 3.11. The Balaban J connectivity index is 1.98. The van der Waals surface area contributed by atoms with Gasteiger partial charge < -0.3 is 9.88 Å². The van der Waals surface area contributed by atoms with E-state index in [1.165, 1.54) is 12.8 Å². The molecule has 1 saturated heterocycles. The average molecular weight is 264 g/mol. The molecule has 1 aliphatic heterocycles. The van der Waals surface area contributed by atoms with Crippen LogP contribution in [0.1, 0.15) is 39.4 Å². The number of likely N-dealkylation sites (N-methyl/N-ethyl adjacent to an activating group) is 1. The SMILES string of the molecule is CC1CCC(C)N1C(C)C(=O)N(C)Cc1ncc[nH]1. The fourth-order valence-corrected chi connectivity index (χ4v) is 3.11. The number of amides is 1. The van der Waals surface area contributed by atoms with Gasteiger partial charge in [-0.15, -0.1) is 0 Å². The molecule has 2 rings (SSSR count). The van der Waals surface area contributed by atoms with Gasteiger partial charge in [-0.3, -0.25) is 9.69 Å². The molecule has 0 radical (unpaired) electrons. The van der Waals surface area contributed by atoms with Crippen molar-refractivity contribution in [1.29, 1.82) is 0 Å². The van der Waals surface area contributed by atoms with Crippen LogP contribution in [0, 0.1) is 0 Å². The van der Waals surface area contributed by atoms with Crippen molar-refractivity contribution in [2.45, 2.75) is 58.3 Å². The van der Waals surface area contributed by atoms with Gasteiger partial charge >= 0.3 is 0 Å². The lowest BCUT2D eigenvalue weighted by molar-refractivity contribution is -0.136. The van der Waals surface area contributed by atoms with E-state index in [1.54, 1.807) is 17.3 Å². The van der Waals surface area contributed by atoms with Crippen LogP contribution in [0.4, 0.5) is 0 Å². The summed E-state index contributed by atoms with van der Waals surface area (Å²) in [6.07, 6.45) is 5.85. The van der Waals surface area contributed by atoms with Crippen LogP contribution in [-0.2, 0) is 11.3 Å². The van der Waals surface area contributed by atoms with Gasteiger partial charge in [-0.1, -0.05) is 0 Å². The molecule has 1 aliphatic rings. The van der Waals surface area contributed by atoms with Crippen molar-refractivity contribution in [2.24, 2.45) is 0 Å². The first kappa shape index (κ1) is 14.1. The van der Waals surface area contributed by atoms with Crippen LogP contribution in [0.5, 0.6) is 0 Å². The molecule has 0 bridgehead atoms. The minimum Gasteiger partial charge on any atom is -0.347 e. The van der Waals surface area contributed by atoms with Crippen molar-refractivity contribution < 1.29 is 4.79 Å². The average Bonchev–Trinajstić information content (AvgIpc) is 2.98. The quantitative estimate of drug-likeness (QED) is 0.899. The van der Waals surface area contributed by atoms with Crippen molar-refractivity contribution in [3.63, 3.8) is 0 Å². The number of rotatable bonds is 4. The van der Waals surface area contributed by atoms with Crippen LogP contribution in [-0.4, -0.2) is 50.8 Å². The van der Waals surface area contributed by atoms with E-state index < -0.39 is 0 Å². The van der Waals surface area contributed by atoms with Crippen molar-refractivity contribution >= 4 is 5.91 Å². The lowest BCUT2D eigenvalue weighted by Crippen LogP contribution is -2.49. The number of hydrogen-bond donors (Lipinski definition) is 1. The van der Waals surface area contributed by atoms with Gasteiger partial charge in [0.2, 0.25) is 5.91 Å². The minimum absolute atomic E-state index is 0.0625. The van der Waals surface area contributed by atoms with Gasteiger partial charge in [-0.25, -0.2) is 4.98 Å². The van der Waals surface area contributed by atoms with Crippen molar-refractivity contribution in [1.82, 2.24) is 19.8 Å². The first-order chi connectivity index (χ1) is 9.00. The monoisotopic (exact) mass is 264 g/mol. The minimum atomic E-state index is -0.0625. The third kappa shape index (κ3) is 2.97. The van der Waals surface area contributed by atoms with Crippen LogP contribution < -0.4 is 0 Å². The second-order valence-corrected chi connectivity index (χ2v) is 5.63. The number of hydrogen-bond acceptors (Lipinski definition) is 3. The fraction of sp³-hybridized carbons (Fsp3) is 0.714. The molecule has 19 heavy (non-hydrogen) atoms. The molecular formula is C14H24N4O. The standard InChI is InChI=1S/C14H24N4O/c1-10-5-6-11(2)18(10)12(3)14(19)17(4)9-13-15-7-8-16-13/h7-8,10-12H,5-6,9H2,1-4H3,(H,15,16). The van der Waals surface area contributed by atoms with E-state index >= 15 is 0 Å². The largest absolute Gasteiger partial charge is 0.347 e. The van der Waals surface area contributed by atoms with Crippen LogP contribution in [0.3, 0.4) is 0 Å². The molecule has 0 aliphatic carbocycles. The number of imidazole rings is 1. The van der Waals surface area contributed by atoms with Crippen molar-refractivity contribution in [3.05, 3.63) is 18.2 Å². The molecule has 106 valence electrons. The summed E-state index contributed by atoms with van der Waals surface area (Å²) in [5.41, 5.74) is 0. The molecule has 5 nitrogen and oxygen atoms in total. The van der Waals surface area contributed by atoms with Crippen LogP contribution in [0.25, 0.3) is 0 Å². The molecule has 0 saturated carbocycles. The Morgan fingerprint density at radius 2 is 2.16 bits per heavy atom. The van der Waals surface area contributed by atoms with E-state index in [1.807, 2.05) is 14.0 Å². The lowest BCUT2D eigenvalue weighted by Gasteiger charge is -2.33. The zero-order valence-corrected chi connectivity index (χ0v) is 12.3. The van der Waals surface area contributed by atoms with Crippen LogP contribution in [0.15, 0.2) is 12.4 Å². The maximum Gasteiger partial charge on any atom is 0.239 e. The summed E-state index contributed by atoms with van der Waals surface area (Å²) < 4.78 is 0. The number of nitrogens with one attached hydrogen (secondary N) is 1. The van der Waals surface area contributed by atoms with E-state index in [0.717, 1.165) is 5.82 Å². The molecule has 3 unspecified atom stereocenters. The Morgan fingerprint density at radius 1 is 1.53 bits per heavy atom. The van der Waals surface area contributed by atoms with Gasteiger partial charge in [0.25, 0.3) is 0 Å². The van der Waals surface area contributed by atoms with Gasteiger partial charge in [0, 0.05) is 31.5 Å². The summed E-state index contributed by atoms with van der Waals surface area (Å²) in [6.45, 7) is 6.96. The molecule has 1 aromatic heterocycles. The van der Waals surface area contributed by atoms with Crippen molar-refractivity contribution in [2.75, 3.05) is 7.05 Å². The Morgan fingerprint density at radius 3 is 2.68 bits per heavy atom. The topological polar surface area (TPSA) is 52.2 Å². The third-order valence-corrected chi connectivity index (χ3v) is 4.14. The molecule has 5 heteroatoms. The van der Waals surface area contributed by atoms with E-state index in [2.05, 4.69) is 28.7 Å². The molecule has 0 spiro atoms. The zero-order valence-electron chi connectivity index (χ0n) is 12.3. The summed E-state index contributed by atoms with van der Waals surface area (Å²) in [5, 5.41) is 0. The Bertz CT molecular complexity index is 407. The smallest absolute Gasteiger partial charge is 0.239 e. The summed E-state index contributed by atoms with van der Waals surface area (Å²) in [6, 6.07) is 0.921. The highest BCUT2D eigenvalue weighted by Gasteiger charge is 2.35. The number of carbonyl (C=O) groups excluding carboxylic acids is 1. The van der Waals surface area contributed by atoms with Crippen LogP contribution in [0.2, 0.25) is 0 Å². The molecule has 1 aromatic rings. The number of likely N-dealkylation sites (tertiary alicyclic amines) is 1. The summed E-state index contributed by atoms with van der Waals surface area (Å²) in [7, 11) is 1.84. The molecule has 1 amide bonds. The van der Waals surface area contributed by atoms with E-state index in [0.29, 0.717) is 18.6 Å². The highest BCUT2D eigenvalue weighted by Crippen LogP contribution is 2.26. The number of aromatic amines is 1. The molecule has 2 heterocycles. The van der Waals surface area contributed by atoms with E-state index in [-0.39, 0.29) is 11.9 Å². The van der Waals surface area contributed by atoms with Gasteiger partial charge in [-0.2, -0.15) is 0 Å². The predicted molar refractivity (Wildman–Crippen MR) is 74.5 cm³/mol. The highest BCUT2D eigenvalue weighted by molar-refractivity contribution is 5.81. The zero-order chi connectivity index (χ0) is 14.0. The van der Waals surface area contributed by atoms with Gasteiger partial charge in [0.1, 0.15) is 5.82 Å². The van der Waals surface area contributed by atoms with E-state index in [4.69, 9.17) is 0 Å². The summed E-state index contributed by atoms with van der Waals surface area (Å²) in [4.78, 5) is 23.8. The summed E-state index contributed by atoms with van der Waals surface area (Å²) in [5.74, 6) is 0.988. The molecule has 1 N–H and O–H groups in total. The normalized spacial score (nSPS) is 25.5. The van der Waals surface area contributed by atoms with Crippen LogP contribution >= 0.6 is 0 Å². The Hall–Kier alpha value is -1.36.